The summed E-state index contributed by atoms with van der Waals surface area (Å²) >= 11 is 0. The number of hydrogen-bond acceptors (Lipinski definition) is 13. The van der Waals surface area contributed by atoms with Crippen molar-refractivity contribution in [3.05, 3.63) is 50.6 Å². The minimum absolute atomic E-state index is 0.845. The Morgan fingerprint density at radius 1 is 0.696 bits per heavy atom. The van der Waals surface area contributed by atoms with Gasteiger partial charge in [-0.3, -0.25) is 0 Å². The topological polar surface area (TPSA) is 284 Å². The smallest absolute Gasteiger partial charge is 0.294 e. The van der Waals surface area contributed by atoms with Gasteiger partial charge in [0.2, 0.25) is 0 Å². The molecule has 0 bridgehead atoms. The van der Waals surface area contributed by atoms with E-state index in [2.05, 4.69) is 14.5 Å². The first kappa shape index (κ1) is 24.0. The van der Waals surface area contributed by atoms with Crippen LogP contribution in [0.3, 0.4) is 0 Å². The summed E-state index contributed by atoms with van der Waals surface area (Å²) in [5.41, 5.74) is 0. The van der Waals surface area contributed by atoms with Gasteiger partial charge in [-0.05, 0) is 0 Å². The van der Waals surface area contributed by atoms with Gasteiger partial charge in [0.05, 0.1) is 0 Å². The molecule has 0 atom stereocenters. The van der Waals surface area contributed by atoms with Gasteiger partial charge in [-0.2, -0.15) is 0 Å². The van der Waals surface area contributed by atoms with Gasteiger partial charge in [0.25, 0.3) is 25.4 Å². The van der Waals surface area contributed by atoms with Crippen molar-refractivity contribution in [2.45, 2.75) is 6.10 Å². The fourth-order valence-corrected chi connectivity index (χ4v) is 0.519. The molecule has 20 nitrogen and oxygen atoms in total. The first-order valence-corrected chi connectivity index (χ1v) is 4.40. The lowest BCUT2D eigenvalue weighted by Crippen LogP contribution is -2.30. The Morgan fingerprint density at radius 2 is 0.957 bits per heavy atom. The molecule has 0 aromatic carbocycles. The van der Waals surface area contributed by atoms with Crippen LogP contribution >= 0.6 is 0 Å². The second-order valence-electron chi connectivity index (χ2n) is 2.47. The van der Waals surface area contributed by atoms with Gasteiger partial charge < -0.3 is 24.9 Å². The molecule has 0 aliphatic heterocycles. The molecule has 0 radical (unpaired) electrons. The summed E-state index contributed by atoms with van der Waals surface area (Å²) < 4.78 is 0. The average Bonchev–Trinajstić information content (AvgIpc) is 2.30. The first-order chi connectivity index (χ1) is 10.4. The van der Waals surface area contributed by atoms with Gasteiger partial charge in [0.1, 0.15) is 13.2 Å². The first-order valence-electron chi connectivity index (χ1n) is 4.40. The Hall–Kier alpha value is -4.00. The molecule has 0 aliphatic carbocycles. The quantitative estimate of drug-likeness (QED) is 0.362. The highest BCUT2D eigenvalue weighted by Crippen LogP contribution is 1.96. The molecule has 0 unspecified atom stereocenters. The van der Waals surface area contributed by atoms with Crippen LogP contribution in [0.2, 0.25) is 0 Å². The molecule has 0 rings (SSSR count). The molecule has 0 spiro atoms. The van der Waals surface area contributed by atoms with Crippen molar-refractivity contribution in [2.24, 2.45) is 0 Å². The van der Waals surface area contributed by atoms with E-state index in [0.29, 0.717) is 0 Å². The highest BCUT2D eigenvalue weighted by atomic mass is 17.0. The van der Waals surface area contributed by atoms with Crippen LogP contribution in [-0.2, 0) is 14.5 Å². The molecule has 0 heterocycles. The third kappa shape index (κ3) is 46.1. The second-order valence-corrected chi connectivity index (χ2v) is 2.47. The summed E-state index contributed by atoms with van der Waals surface area (Å²) in [4.78, 5) is 57.2. The molecule has 0 saturated carbocycles. The summed E-state index contributed by atoms with van der Waals surface area (Å²) in [7, 11) is 0. The van der Waals surface area contributed by atoms with E-state index in [4.69, 9.17) is 30.6 Å². The van der Waals surface area contributed by atoms with Crippen molar-refractivity contribution in [1.82, 2.24) is 0 Å². The second kappa shape index (κ2) is 14.4. The van der Waals surface area contributed by atoms with Crippen LogP contribution in [0.15, 0.2) is 0 Å². The van der Waals surface area contributed by atoms with E-state index in [1.807, 2.05) is 0 Å². The lowest BCUT2D eigenvalue weighted by Gasteiger charge is -2.11. The fraction of sp³-hybridized carbons (Fsp3) is 1.00. The van der Waals surface area contributed by atoms with Crippen molar-refractivity contribution in [3.8, 4) is 0 Å². The van der Waals surface area contributed by atoms with Crippen LogP contribution in [0.4, 0.5) is 0 Å². The van der Waals surface area contributed by atoms with E-state index in [1.165, 1.54) is 0 Å². The lowest BCUT2D eigenvalue weighted by atomic mass is 10.4. The maximum absolute atomic E-state index is 9.83. The van der Waals surface area contributed by atoms with E-state index >= 15 is 0 Å². The molecular weight excluding hydrogens is 346 g/mol. The number of rotatable bonds is 8. The van der Waals surface area contributed by atoms with Crippen molar-refractivity contribution >= 4 is 0 Å². The van der Waals surface area contributed by atoms with Gasteiger partial charge in [-0.1, -0.05) is 0 Å². The predicted molar refractivity (Wildman–Crippen MR) is 55.3 cm³/mol. The molecular formula is C3H7N5O15. The number of nitrogens with zero attached hydrogens (tertiary/aromatic N) is 5. The summed E-state index contributed by atoms with van der Waals surface area (Å²) in [6, 6.07) is 0. The minimum Gasteiger partial charge on any atom is -0.328 e. The third-order valence-electron chi connectivity index (χ3n) is 0.967. The zero-order valence-corrected chi connectivity index (χ0v) is 10.4. The van der Waals surface area contributed by atoms with Gasteiger partial charge in [0, 0.05) is 0 Å². The molecule has 0 aliphatic rings. The minimum atomic E-state index is -1.55. The largest absolute Gasteiger partial charge is 0.328 e. The molecule has 0 saturated heterocycles. The van der Waals surface area contributed by atoms with Crippen LogP contribution in [0.25, 0.3) is 0 Å². The van der Waals surface area contributed by atoms with Gasteiger partial charge in [-0.15, -0.1) is 50.6 Å². The Morgan fingerprint density at radius 3 is 1.13 bits per heavy atom. The zero-order valence-electron chi connectivity index (χ0n) is 10.4. The Labute approximate surface area is 121 Å². The van der Waals surface area contributed by atoms with Crippen LogP contribution < -0.4 is 0 Å². The van der Waals surface area contributed by atoms with Crippen molar-refractivity contribution in [1.29, 1.82) is 0 Å². The molecule has 0 fully saturated rings. The van der Waals surface area contributed by atoms with E-state index in [0.717, 1.165) is 0 Å². The number of hydrogen-bond donors (Lipinski definition) is 2. The monoisotopic (exact) mass is 353 g/mol. The fourth-order valence-electron chi connectivity index (χ4n) is 0.519. The maximum atomic E-state index is 9.83. The highest BCUT2D eigenvalue weighted by molar-refractivity contribution is 4.49. The Bertz CT molecular complexity index is 370. The van der Waals surface area contributed by atoms with E-state index < -0.39 is 44.8 Å². The van der Waals surface area contributed by atoms with Gasteiger partial charge >= 0.3 is 0 Å². The van der Waals surface area contributed by atoms with Crippen molar-refractivity contribution < 1.29 is 50.4 Å². The third-order valence-corrected chi connectivity index (χ3v) is 0.967. The van der Waals surface area contributed by atoms with Gasteiger partial charge in [0.15, 0.2) is 6.10 Å². The van der Waals surface area contributed by atoms with E-state index in [1.54, 1.807) is 0 Å². The van der Waals surface area contributed by atoms with Crippen LogP contribution in [-0.4, -0.2) is 55.2 Å². The normalized spacial score (nSPS) is 8.22. The Kier molecular flexibility index (Phi) is 15.1. The summed E-state index contributed by atoms with van der Waals surface area (Å²) in [6.45, 7) is -1.69. The van der Waals surface area contributed by atoms with Crippen LogP contribution in [0.5, 0.6) is 0 Å². The summed E-state index contributed by atoms with van der Waals surface area (Å²) in [6.07, 6.45) is -1.55. The Balaban J connectivity index is -0.000000413. The van der Waals surface area contributed by atoms with Crippen LogP contribution in [0, 0.1) is 50.6 Å². The van der Waals surface area contributed by atoms with Crippen molar-refractivity contribution in [3.63, 3.8) is 0 Å². The standard InChI is InChI=1S/C3H5N3O9.2HNO3/c7-4(8)13-1-3(15-6(11)12)2-14-5(9)10;2*2-1(3)4/h3H,1-2H2;2*(H,2,3,4). The maximum Gasteiger partial charge on any atom is 0.294 e. The van der Waals surface area contributed by atoms with E-state index in [9.17, 15) is 30.3 Å². The molecule has 0 aromatic heterocycles. The predicted octanol–water partition coefficient (Wildman–Crippen LogP) is -1.72. The SMILES string of the molecule is O=[N+]([O-])O.O=[N+]([O-])O.O=[N+]([O-])OCC(CO[N+](=O)[O-])O[N+](=O)[O-]. The van der Waals surface area contributed by atoms with Gasteiger partial charge in [-0.25, -0.2) is 0 Å². The van der Waals surface area contributed by atoms with E-state index in [-0.39, 0.29) is 0 Å². The summed E-state index contributed by atoms with van der Waals surface area (Å²) in [5.74, 6) is 0. The summed E-state index contributed by atoms with van der Waals surface area (Å²) in [5, 5.41) is 52.8. The molecule has 23 heavy (non-hydrogen) atoms. The highest BCUT2D eigenvalue weighted by Gasteiger charge is 2.17. The average molecular weight is 353 g/mol. The molecule has 2 N–H and O–H groups in total. The molecule has 0 aromatic rings. The molecule has 0 amide bonds. The zero-order chi connectivity index (χ0) is 19.0. The molecule has 134 valence electrons. The van der Waals surface area contributed by atoms with Crippen molar-refractivity contribution in [2.75, 3.05) is 13.2 Å². The molecule has 20 heteroatoms. The lowest BCUT2D eigenvalue weighted by molar-refractivity contribution is -0.803. The van der Waals surface area contributed by atoms with Crippen LogP contribution in [0.1, 0.15) is 0 Å².